The number of benzene rings is 3. The van der Waals surface area contributed by atoms with Gasteiger partial charge in [0.2, 0.25) is 0 Å². The maximum absolute atomic E-state index is 13.3. The lowest BCUT2D eigenvalue weighted by molar-refractivity contribution is 0.120. The van der Waals surface area contributed by atoms with Gasteiger partial charge in [-0.15, -0.1) is 5.10 Å². The zero-order valence-electron chi connectivity index (χ0n) is 20.0. The van der Waals surface area contributed by atoms with Gasteiger partial charge in [0.15, 0.2) is 0 Å². The van der Waals surface area contributed by atoms with E-state index in [1.807, 2.05) is 29.2 Å². The predicted octanol–water partition coefficient (Wildman–Crippen LogP) is 3.68. The largest absolute Gasteiger partial charge is 0.493 e. The third-order valence-corrected chi connectivity index (χ3v) is 7.54. The summed E-state index contributed by atoms with van der Waals surface area (Å²) in [5.74, 6) is 1.99. The molecular formula is C28H27N5O3. The van der Waals surface area contributed by atoms with Crippen molar-refractivity contribution in [1.82, 2.24) is 24.8 Å². The van der Waals surface area contributed by atoms with Crippen LogP contribution in [-0.2, 0) is 12.8 Å². The van der Waals surface area contributed by atoms with Gasteiger partial charge in [0.1, 0.15) is 17.0 Å². The third kappa shape index (κ3) is 3.60. The molecule has 0 radical (unpaired) electrons. The molecule has 3 aromatic carbocycles. The van der Waals surface area contributed by atoms with Crippen molar-refractivity contribution in [3.63, 3.8) is 0 Å². The second-order valence-electron chi connectivity index (χ2n) is 9.63. The van der Waals surface area contributed by atoms with Gasteiger partial charge in [-0.05, 0) is 46.5 Å². The van der Waals surface area contributed by atoms with Gasteiger partial charge in [-0.2, -0.15) is 4.68 Å². The van der Waals surface area contributed by atoms with Gasteiger partial charge in [0.05, 0.1) is 24.8 Å². The summed E-state index contributed by atoms with van der Waals surface area (Å²) in [6, 6.07) is 20.7. The number of carbonyl (C=O) groups excluding carboxylic acids is 1. The number of aromatic nitrogens is 3. The number of piperazine rings is 1. The Morgan fingerprint density at radius 2 is 1.44 bits per heavy atom. The Labute approximate surface area is 209 Å². The van der Waals surface area contributed by atoms with Gasteiger partial charge in [0, 0.05) is 39.0 Å². The number of nitrogens with zero attached hydrogens (tertiary/aromatic N) is 5. The van der Waals surface area contributed by atoms with E-state index in [0.29, 0.717) is 13.1 Å². The Kier molecular flexibility index (Phi) is 5.13. The Morgan fingerprint density at radius 1 is 0.806 bits per heavy atom. The fourth-order valence-electron chi connectivity index (χ4n) is 5.68. The summed E-state index contributed by atoms with van der Waals surface area (Å²) < 4.78 is 12.9. The van der Waals surface area contributed by atoms with Crippen LogP contribution in [0.25, 0.3) is 11.0 Å². The fraction of sp³-hybridized carbons (Fsp3) is 0.321. The Balaban J connectivity index is 1.17. The molecular weight excluding hydrogens is 454 g/mol. The van der Waals surface area contributed by atoms with Crippen molar-refractivity contribution in [2.75, 3.05) is 39.4 Å². The van der Waals surface area contributed by atoms with Gasteiger partial charge in [-0.3, -0.25) is 4.90 Å². The van der Waals surface area contributed by atoms with Gasteiger partial charge in [0.25, 0.3) is 0 Å². The van der Waals surface area contributed by atoms with Crippen LogP contribution < -0.4 is 9.47 Å². The molecule has 8 nitrogen and oxygen atoms in total. The summed E-state index contributed by atoms with van der Waals surface area (Å²) in [7, 11) is 0. The Morgan fingerprint density at radius 3 is 2.11 bits per heavy atom. The van der Waals surface area contributed by atoms with Gasteiger partial charge >= 0.3 is 6.03 Å². The minimum atomic E-state index is -0.121. The van der Waals surface area contributed by atoms with Crippen LogP contribution in [0.3, 0.4) is 0 Å². The Bertz CT molecular complexity index is 1400. The number of ether oxygens (including phenoxy) is 2. The average molecular weight is 482 g/mol. The molecule has 1 saturated heterocycles. The van der Waals surface area contributed by atoms with Crippen LogP contribution in [0.2, 0.25) is 0 Å². The van der Waals surface area contributed by atoms with Gasteiger partial charge < -0.3 is 14.4 Å². The summed E-state index contributed by atoms with van der Waals surface area (Å²) in [6.45, 7) is 4.29. The van der Waals surface area contributed by atoms with Crippen LogP contribution >= 0.6 is 0 Å². The highest BCUT2D eigenvalue weighted by Gasteiger charge is 2.31. The molecule has 0 atom stereocenters. The molecule has 4 aromatic rings. The first-order valence-corrected chi connectivity index (χ1v) is 12.6. The molecule has 7 rings (SSSR count). The summed E-state index contributed by atoms with van der Waals surface area (Å²) in [5.41, 5.74) is 6.54. The zero-order chi connectivity index (χ0) is 24.1. The molecule has 1 amide bonds. The predicted molar refractivity (Wildman–Crippen MR) is 135 cm³/mol. The zero-order valence-corrected chi connectivity index (χ0v) is 20.0. The average Bonchev–Trinajstić information content (AvgIpc) is 3.68. The number of amides is 1. The lowest BCUT2D eigenvalue weighted by Gasteiger charge is -2.39. The summed E-state index contributed by atoms with van der Waals surface area (Å²) >= 11 is 0. The fourth-order valence-corrected chi connectivity index (χ4v) is 5.68. The second-order valence-corrected chi connectivity index (χ2v) is 9.63. The lowest BCUT2D eigenvalue weighted by Crippen LogP contribution is -2.51. The molecule has 8 heteroatoms. The highest BCUT2D eigenvalue weighted by atomic mass is 16.5. The first kappa shape index (κ1) is 21.4. The van der Waals surface area contributed by atoms with Crippen LogP contribution in [0, 0.1) is 0 Å². The molecule has 0 spiro atoms. The SMILES string of the molecule is O=C(N1CCN(C(c2ccc3c(c2)CCO3)c2ccc3c(c2)CCO3)CC1)n1nnc2ccccc21. The van der Waals surface area contributed by atoms with Crippen molar-refractivity contribution in [2.24, 2.45) is 0 Å². The van der Waals surface area contributed by atoms with Crippen LogP contribution in [0.15, 0.2) is 60.7 Å². The van der Waals surface area contributed by atoms with Gasteiger partial charge in [-0.1, -0.05) is 41.6 Å². The molecule has 3 aliphatic heterocycles. The van der Waals surface area contributed by atoms with Crippen molar-refractivity contribution < 1.29 is 14.3 Å². The number of hydrogen-bond acceptors (Lipinski definition) is 6. The van der Waals surface area contributed by atoms with Crippen LogP contribution in [0.1, 0.15) is 28.3 Å². The van der Waals surface area contributed by atoms with E-state index in [4.69, 9.17) is 9.47 Å². The number of fused-ring (bicyclic) bond motifs is 3. The van der Waals surface area contributed by atoms with Crippen molar-refractivity contribution in [3.05, 3.63) is 82.9 Å². The molecule has 4 heterocycles. The third-order valence-electron chi connectivity index (χ3n) is 7.54. The number of rotatable bonds is 3. The van der Waals surface area contributed by atoms with Crippen molar-refractivity contribution in [1.29, 1.82) is 0 Å². The van der Waals surface area contributed by atoms with E-state index in [1.165, 1.54) is 26.9 Å². The lowest BCUT2D eigenvalue weighted by atomic mass is 9.93. The minimum absolute atomic E-state index is 0.103. The molecule has 1 fully saturated rings. The monoisotopic (exact) mass is 481 g/mol. The highest BCUT2D eigenvalue weighted by molar-refractivity contribution is 5.87. The van der Waals surface area contributed by atoms with Crippen LogP contribution in [0.5, 0.6) is 11.5 Å². The number of carbonyl (C=O) groups is 1. The van der Waals surface area contributed by atoms with E-state index in [2.05, 4.69) is 51.6 Å². The minimum Gasteiger partial charge on any atom is -0.493 e. The summed E-state index contributed by atoms with van der Waals surface area (Å²) in [5, 5.41) is 8.27. The first-order valence-electron chi connectivity index (χ1n) is 12.6. The van der Waals surface area contributed by atoms with E-state index in [1.54, 1.807) is 0 Å². The maximum Gasteiger partial charge on any atom is 0.346 e. The van der Waals surface area contributed by atoms with Crippen molar-refractivity contribution in [3.8, 4) is 11.5 Å². The molecule has 36 heavy (non-hydrogen) atoms. The van der Waals surface area contributed by atoms with Crippen LogP contribution in [0.4, 0.5) is 4.79 Å². The van der Waals surface area contributed by atoms with Crippen molar-refractivity contribution in [2.45, 2.75) is 18.9 Å². The molecule has 0 N–H and O–H groups in total. The smallest absolute Gasteiger partial charge is 0.346 e. The quantitative estimate of drug-likeness (QED) is 0.445. The van der Waals surface area contributed by atoms with E-state index >= 15 is 0 Å². The normalized spacial score (nSPS) is 17.2. The molecule has 182 valence electrons. The van der Waals surface area contributed by atoms with E-state index < -0.39 is 0 Å². The van der Waals surface area contributed by atoms with Crippen molar-refractivity contribution >= 4 is 17.1 Å². The van der Waals surface area contributed by atoms with Gasteiger partial charge in [-0.25, -0.2) is 4.79 Å². The molecule has 0 unspecified atom stereocenters. The van der Waals surface area contributed by atoms with E-state index in [9.17, 15) is 4.79 Å². The molecule has 0 saturated carbocycles. The molecule has 0 bridgehead atoms. The molecule has 3 aliphatic rings. The highest BCUT2D eigenvalue weighted by Crippen LogP contribution is 2.37. The Hall–Kier alpha value is -3.91. The molecule has 1 aromatic heterocycles. The second kappa shape index (κ2) is 8.64. The first-order chi connectivity index (χ1) is 17.7. The van der Waals surface area contributed by atoms with Crippen LogP contribution in [-0.4, -0.2) is 70.2 Å². The maximum atomic E-state index is 13.3. The molecule has 0 aliphatic carbocycles. The van der Waals surface area contributed by atoms with E-state index in [-0.39, 0.29) is 12.1 Å². The summed E-state index contributed by atoms with van der Waals surface area (Å²) in [4.78, 5) is 17.6. The van der Waals surface area contributed by atoms with E-state index in [0.717, 1.165) is 61.7 Å². The number of hydrogen-bond donors (Lipinski definition) is 0. The standard InChI is InChI=1S/C28H27N5O3/c34-28(33-24-4-2-1-3-23(24)29-30-33)32-13-11-31(12-14-32)27(21-5-7-25-19(17-21)9-15-35-25)22-6-8-26-20(18-22)10-16-36-26/h1-8,17-18,27H,9-16H2. The summed E-state index contributed by atoms with van der Waals surface area (Å²) in [6.07, 6.45) is 1.89. The number of para-hydroxylation sites is 1. The topological polar surface area (TPSA) is 72.7 Å².